The first kappa shape index (κ1) is 25.2. The fraction of sp³-hybridized carbons (Fsp3) is 0.538. The highest BCUT2D eigenvalue weighted by Gasteiger charge is 2.35. The van der Waals surface area contributed by atoms with Crippen LogP contribution in [0.4, 0.5) is 10.6 Å². The molecule has 9 heteroatoms. The zero-order chi connectivity index (χ0) is 25.0. The molecular formula is C26H33ClN6O2. The lowest BCUT2D eigenvalue weighted by molar-refractivity contribution is 0.0145. The standard InChI is InChI=1S/C26H33ClN6O2/c1-26(2,3)35-25(34)33-16-15-32(18-20(33)9-12-28)23-21-10-13-31(17-19-7-5-4-6-8-19)14-11-22(21)29-24(27)30-23/h4-8,20H,9-11,13-18H2,1-3H3/t20-/m1/s1. The SMILES string of the molecule is CC(C)(C)OC(=O)N1CCN(c2nc(Cl)nc3c2CCN(Cc2ccccc2)CC3)C[C@H]1CC#N. The Morgan fingerprint density at radius 3 is 2.60 bits per heavy atom. The van der Waals surface area contributed by atoms with Crippen molar-refractivity contribution in [2.24, 2.45) is 0 Å². The lowest BCUT2D eigenvalue weighted by Crippen LogP contribution is -2.56. The van der Waals surface area contributed by atoms with Crippen LogP contribution in [0.25, 0.3) is 0 Å². The first-order chi connectivity index (χ1) is 16.7. The second-order valence-corrected chi connectivity index (χ2v) is 10.5. The monoisotopic (exact) mass is 496 g/mol. The van der Waals surface area contributed by atoms with E-state index in [1.165, 1.54) is 5.56 Å². The molecule has 0 spiro atoms. The average molecular weight is 497 g/mol. The molecule has 35 heavy (non-hydrogen) atoms. The summed E-state index contributed by atoms with van der Waals surface area (Å²) in [7, 11) is 0. The minimum absolute atomic E-state index is 0.224. The van der Waals surface area contributed by atoms with Gasteiger partial charge in [0.25, 0.3) is 0 Å². The van der Waals surface area contributed by atoms with Crippen molar-refractivity contribution in [3.05, 3.63) is 52.4 Å². The summed E-state index contributed by atoms with van der Waals surface area (Å²) >= 11 is 6.37. The number of ether oxygens (including phenoxy) is 1. The minimum Gasteiger partial charge on any atom is -0.444 e. The molecule has 8 nitrogen and oxygen atoms in total. The van der Waals surface area contributed by atoms with Crippen LogP contribution in [0.3, 0.4) is 0 Å². The van der Waals surface area contributed by atoms with Crippen LogP contribution in [0.15, 0.2) is 30.3 Å². The second kappa shape index (κ2) is 10.8. The Balaban J connectivity index is 1.52. The van der Waals surface area contributed by atoms with Crippen LogP contribution in [0.1, 0.15) is 44.0 Å². The number of piperazine rings is 1. The van der Waals surface area contributed by atoms with Crippen molar-refractivity contribution in [1.29, 1.82) is 5.26 Å². The molecule has 1 saturated heterocycles. The Bertz CT molecular complexity index is 1080. The predicted molar refractivity (Wildman–Crippen MR) is 135 cm³/mol. The number of amides is 1. The van der Waals surface area contributed by atoms with Gasteiger partial charge in [0.1, 0.15) is 11.4 Å². The zero-order valence-electron chi connectivity index (χ0n) is 20.7. The molecule has 1 fully saturated rings. The van der Waals surface area contributed by atoms with Crippen molar-refractivity contribution in [3.8, 4) is 6.07 Å². The van der Waals surface area contributed by atoms with E-state index in [0.717, 1.165) is 49.6 Å². The van der Waals surface area contributed by atoms with Gasteiger partial charge in [0.05, 0.1) is 24.2 Å². The number of nitrogens with zero attached hydrogens (tertiary/aromatic N) is 6. The molecule has 1 aromatic carbocycles. The van der Waals surface area contributed by atoms with Crippen LogP contribution < -0.4 is 4.90 Å². The number of nitriles is 1. The van der Waals surface area contributed by atoms with Gasteiger partial charge in [-0.2, -0.15) is 5.26 Å². The normalized spacial score (nSPS) is 19.0. The molecule has 4 rings (SSSR count). The Labute approximate surface area is 212 Å². The minimum atomic E-state index is -0.589. The Morgan fingerprint density at radius 2 is 1.89 bits per heavy atom. The molecule has 0 aliphatic carbocycles. The van der Waals surface area contributed by atoms with E-state index < -0.39 is 5.60 Å². The Morgan fingerprint density at radius 1 is 1.14 bits per heavy atom. The van der Waals surface area contributed by atoms with Crippen molar-refractivity contribution in [2.45, 2.75) is 58.2 Å². The molecule has 0 bridgehead atoms. The van der Waals surface area contributed by atoms with E-state index >= 15 is 0 Å². The largest absolute Gasteiger partial charge is 0.444 e. The third-order valence-corrected chi connectivity index (χ3v) is 6.54. The number of aromatic nitrogens is 2. The van der Waals surface area contributed by atoms with Gasteiger partial charge in [0.15, 0.2) is 0 Å². The predicted octanol–water partition coefficient (Wildman–Crippen LogP) is 4.07. The van der Waals surface area contributed by atoms with Crippen LogP contribution >= 0.6 is 11.6 Å². The maximum atomic E-state index is 12.8. The van der Waals surface area contributed by atoms with Gasteiger partial charge in [-0.05, 0) is 44.4 Å². The molecule has 1 atom stereocenters. The van der Waals surface area contributed by atoms with Crippen LogP contribution in [0.2, 0.25) is 5.28 Å². The summed E-state index contributed by atoms with van der Waals surface area (Å²) in [5.41, 5.74) is 2.81. The number of carbonyl (C=O) groups excluding carboxylic acids is 1. The van der Waals surface area contributed by atoms with Crippen molar-refractivity contribution in [2.75, 3.05) is 37.6 Å². The van der Waals surface area contributed by atoms with E-state index in [0.29, 0.717) is 19.6 Å². The number of hydrogen-bond acceptors (Lipinski definition) is 7. The molecule has 2 aliphatic rings. The maximum Gasteiger partial charge on any atom is 0.410 e. The van der Waals surface area contributed by atoms with E-state index in [9.17, 15) is 10.1 Å². The van der Waals surface area contributed by atoms with Gasteiger partial charge in [0.2, 0.25) is 5.28 Å². The van der Waals surface area contributed by atoms with Crippen LogP contribution in [0, 0.1) is 11.3 Å². The lowest BCUT2D eigenvalue weighted by atomic mass is 10.1. The van der Waals surface area contributed by atoms with Crippen LogP contribution in [-0.4, -0.2) is 70.2 Å². The van der Waals surface area contributed by atoms with E-state index in [-0.39, 0.29) is 23.8 Å². The molecule has 3 heterocycles. The molecule has 0 saturated carbocycles. The summed E-state index contributed by atoms with van der Waals surface area (Å²) in [5.74, 6) is 0.827. The molecule has 1 aromatic heterocycles. The third kappa shape index (κ3) is 6.41. The number of fused-ring (bicyclic) bond motifs is 1. The number of benzene rings is 1. The van der Waals surface area contributed by atoms with Gasteiger partial charge in [-0.1, -0.05) is 30.3 Å². The highest BCUT2D eigenvalue weighted by molar-refractivity contribution is 6.28. The van der Waals surface area contributed by atoms with Crippen molar-refractivity contribution < 1.29 is 9.53 Å². The summed E-state index contributed by atoms with van der Waals surface area (Å²) in [6.45, 7) is 9.79. The third-order valence-electron chi connectivity index (χ3n) is 6.37. The summed E-state index contributed by atoms with van der Waals surface area (Å²) in [6, 6.07) is 12.4. The van der Waals surface area contributed by atoms with E-state index in [1.54, 1.807) is 4.90 Å². The summed E-state index contributed by atoms with van der Waals surface area (Å²) in [5, 5.41) is 9.67. The molecular weight excluding hydrogens is 464 g/mol. The molecule has 2 aromatic rings. The van der Waals surface area contributed by atoms with E-state index in [1.807, 2.05) is 26.8 Å². The Hall–Kier alpha value is -2.89. The number of halogens is 1. The van der Waals surface area contributed by atoms with Gasteiger partial charge in [-0.3, -0.25) is 4.90 Å². The quantitative estimate of drug-likeness (QED) is 0.590. The number of hydrogen-bond donors (Lipinski definition) is 0. The van der Waals surface area contributed by atoms with Gasteiger partial charge in [-0.25, -0.2) is 14.8 Å². The van der Waals surface area contributed by atoms with Crippen LogP contribution in [0.5, 0.6) is 0 Å². The fourth-order valence-corrected chi connectivity index (χ4v) is 4.93. The van der Waals surface area contributed by atoms with Gasteiger partial charge >= 0.3 is 6.09 Å². The average Bonchev–Trinajstić information content (AvgIpc) is 3.00. The van der Waals surface area contributed by atoms with Crippen molar-refractivity contribution >= 4 is 23.5 Å². The van der Waals surface area contributed by atoms with Gasteiger partial charge in [-0.15, -0.1) is 0 Å². The number of anilines is 1. The van der Waals surface area contributed by atoms with Gasteiger partial charge in [0, 0.05) is 51.3 Å². The molecule has 2 aliphatic heterocycles. The number of rotatable bonds is 4. The second-order valence-electron chi connectivity index (χ2n) is 10.1. The maximum absolute atomic E-state index is 12.8. The molecule has 0 radical (unpaired) electrons. The Kier molecular flexibility index (Phi) is 7.78. The highest BCUT2D eigenvalue weighted by atomic mass is 35.5. The summed E-state index contributed by atoms with van der Waals surface area (Å²) in [4.78, 5) is 28.3. The van der Waals surface area contributed by atoms with Crippen LogP contribution in [-0.2, 0) is 24.1 Å². The van der Waals surface area contributed by atoms with E-state index in [4.69, 9.17) is 16.3 Å². The van der Waals surface area contributed by atoms with E-state index in [2.05, 4.69) is 50.1 Å². The molecule has 0 N–H and O–H groups in total. The fourth-order valence-electron chi connectivity index (χ4n) is 4.75. The van der Waals surface area contributed by atoms with Gasteiger partial charge < -0.3 is 14.5 Å². The van der Waals surface area contributed by atoms with Crippen molar-refractivity contribution in [1.82, 2.24) is 19.8 Å². The lowest BCUT2D eigenvalue weighted by Gasteiger charge is -2.42. The molecule has 0 unspecified atom stereocenters. The summed E-state index contributed by atoms with van der Waals surface area (Å²) in [6.07, 6.45) is 1.47. The smallest absolute Gasteiger partial charge is 0.410 e. The molecule has 186 valence electrons. The first-order valence-corrected chi connectivity index (χ1v) is 12.5. The zero-order valence-corrected chi connectivity index (χ0v) is 21.5. The van der Waals surface area contributed by atoms with Crippen molar-refractivity contribution in [3.63, 3.8) is 0 Å². The number of carbonyl (C=O) groups is 1. The molecule has 1 amide bonds. The first-order valence-electron chi connectivity index (χ1n) is 12.2. The highest BCUT2D eigenvalue weighted by Crippen LogP contribution is 2.29. The summed E-state index contributed by atoms with van der Waals surface area (Å²) < 4.78 is 5.59. The topological polar surface area (TPSA) is 85.6 Å².